The number of rotatable bonds is 6. The Labute approximate surface area is 162 Å². The van der Waals surface area contributed by atoms with Gasteiger partial charge in [-0.05, 0) is 32.9 Å². The molecule has 0 saturated carbocycles. The normalized spacial score (nSPS) is 10.9. The molecule has 0 atom stereocenters. The molecule has 1 aromatic carbocycles. The van der Waals surface area contributed by atoms with E-state index >= 15 is 0 Å². The number of hydrogen-bond acceptors (Lipinski definition) is 5. The molecule has 148 valence electrons. The van der Waals surface area contributed by atoms with Crippen molar-refractivity contribution < 1.29 is 18.4 Å². The van der Waals surface area contributed by atoms with E-state index in [0.29, 0.717) is 23.6 Å². The number of halogens is 1. The van der Waals surface area contributed by atoms with Crippen molar-refractivity contribution >= 4 is 5.91 Å². The highest BCUT2D eigenvalue weighted by molar-refractivity contribution is 5.93. The number of carbonyl (C=O) groups is 1. The topological polar surface area (TPSA) is 73.4 Å². The van der Waals surface area contributed by atoms with Crippen molar-refractivity contribution in [3.63, 3.8) is 0 Å². The Bertz CT molecular complexity index is 1010. The van der Waals surface area contributed by atoms with Gasteiger partial charge in [-0.25, -0.2) is 4.39 Å². The number of amides is 1. The summed E-state index contributed by atoms with van der Waals surface area (Å²) in [4.78, 5) is 14.5. The Hall–Kier alpha value is -3.16. The second-order valence-corrected chi connectivity index (χ2v) is 6.75. The molecule has 0 N–H and O–H groups in total. The van der Waals surface area contributed by atoms with Crippen LogP contribution in [0.2, 0.25) is 0 Å². The van der Waals surface area contributed by atoms with Gasteiger partial charge in [0.1, 0.15) is 23.9 Å². The lowest BCUT2D eigenvalue weighted by Gasteiger charge is -2.17. The van der Waals surface area contributed by atoms with Crippen LogP contribution in [-0.4, -0.2) is 32.8 Å². The first kappa shape index (κ1) is 19.6. The summed E-state index contributed by atoms with van der Waals surface area (Å²) in [5.74, 6) is 0.186. The van der Waals surface area contributed by atoms with Crippen LogP contribution in [0.5, 0.6) is 5.75 Å². The number of aryl methyl sites for hydroxylation is 3. The first-order chi connectivity index (χ1) is 13.3. The Kier molecular flexibility index (Phi) is 5.48. The number of aromatic nitrogens is 3. The summed E-state index contributed by atoms with van der Waals surface area (Å²) in [5.41, 5.74) is 3.61. The molecule has 0 aliphatic rings. The van der Waals surface area contributed by atoms with Gasteiger partial charge in [-0.15, -0.1) is 0 Å². The average molecular weight is 386 g/mol. The van der Waals surface area contributed by atoms with Gasteiger partial charge in [0, 0.05) is 38.0 Å². The fraction of sp³-hybridized carbons (Fsp3) is 0.350. The summed E-state index contributed by atoms with van der Waals surface area (Å²) in [5, 5.41) is 8.30. The van der Waals surface area contributed by atoms with E-state index in [9.17, 15) is 9.18 Å². The molecule has 0 unspecified atom stereocenters. The maximum absolute atomic E-state index is 13.3. The molecule has 0 aliphatic heterocycles. The zero-order valence-corrected chi connectivity index (χ0v) is 16.6. The van der Waals surface area contributed by atoms with Gasteiger partial charge in [0.15, 0.2) is 5.69 Å². The maximum Gasteiger partial charge on any atom is 0.276 e. The SMILES string of the molecule is Cc1nn(C)c(C)c1CN(C)C(=O)c1noc(C)c1COc1cccc(F)c1. The molecular formula is C20H23FN4O3. The van der Waals surface area contributed by atoms with Crippen molar-refractivity contribution in [1.82, 2.24) is 19.8 Å². The van der Waals surface area contributed by atoms with Crippen LogP contribution in [0.3, 0.4) is 0 Å². The van der Waals surface area contributed by atoms with E-state index in [1.165, 1.54) is 12.1 Å². The minimum absolute atomic E-state index is 0.0542. The Morgan fingerprint density at radius 2 is 2.04 bits per heavy atom. The molecule has 0 radical (unpaired) electrons. The van der Waals surface area contributed by atoms with Crippen molar-refractivity contribution in [2.75, 3.05) is 7.05 Å². The van der Waals surface area contributed by atoms with Crippen molar-refractivity contribution in [2.24, 2.45) is 7.05 Å². The highest BCUT2D eigenvalue weighted by Gasteiger charge is 2.24. The molecule has 2 heterocycles. The molecule has 3 aromatic rings. The van der Waals surface area contributed by atoms with Crippen LogP contribution in [-0.2, 0) is 20.2 Å². The molecule has 8 heteroatoms. The number of hydrogen-bond donors (Lipinski definition) is 0. The van der Waals surface area contributed by atoms with E-state index in [2.05, 4.69) is 10.3 Å². The first-order valence-corrected chi connectivity index (χ1v) is 8.86. The van der Waals surface area contributed by atoms with E-state index in [0.717, 1.165) is 17.0 Å². The average Bonchev–Trinajstić information content (AvgIpc) is 3.13. The third-order valence-corrected chi connectivity index (χ3v) is 4.77. The predicted molar refractivity (Wildman–Crippen MR) is 100 cm³/mol. The molecule has 3 rings (SSSR count). The fourth-order valence-electron chi connectivity index (χ4n) is 2.98. The third kappa shape index (κ3) is 3.90. The molecule has 0 saturated heterocycles. The van der Waals surface area contributed by atoms with Crippen LogP contribution in [0.15, 0.2) is 28.8 Å². The monoisotopic (exact) mass is 386 g/mol. The molecule has 7 nitrogen and oxygen atoms in total. The molecular weight excluding hydrogens is 363 g/mol. The van der Waals surface area contributed by atoms with Crippen LogP contribution in [0.1, 0.15) is 38.8 Å². The van der Waals surface area contributed by atoms with Gasteiger partial charge in [-0.1, -0.05) is 11.2 Å². The fourth-order valence-corrected chi connectivity index (χ4v) is 2.98. The quantitative estimate of drug-likeness (QED) is 0.650. The van der Waals surface area contributed by atoms with Crippen molar-refractivity contribution in [2.45, 2.75) is 33.9 Å². The molecule has 28 heavy (non-hydrogen) atoms. The molecule has 0 bridgehead atoms. The molecule has 2 aromatic heterocycles. The van der Waals surface area contributed by atoms with E-state index in [4.69, 9.17) is 9.26 Å². The van der Waals surface area contributed by atoms with Crippen LogP contribution in [0.25, 0.3) is 0 Å². The summed E-state index contributed by atoms with van der Waals surface area (Å²) in [6.45, 7) is 6.05. The zero-order chi connectivity index (χ0) is 20.4. The Morgan fingerprint density at radius 3 is 2.68 bits per heavy atom. The van der Waals surface area contributed by atoms with Crippen LogP contribution < -0.4 is 4.74 Å². The van der Waals surface area contributed by atoms with E-state index in [1.807, 2.05) is 20.9 Å². The molecule has 1 amide bonds. The predicted octanol–water partition coefficient (Wildman–Crippen LogP) is 3.32. The zero-order valence-electron chi connectivity index (χ0n) is 16.6. The van der Waals surface area contributed by atoms with E-state index in [-0.39, 0.29) is 18.2 Å². The summed E-state index contributed by atoms with van der Waals surface area (Å²) < 4.78 is 25.9. The summed E-state index contributed by atoms with van der Waals surface area (Å²) >= 11 is 0. The summed E-state index contributed by atoms with van der Waals surface area (Å²) in [7, 11) is 3.58. The minimum Gasteiger partial charge on any atom is -0.489 e. The van der Waals surface area contributed by atoms with Gasteiger partial charge in [0.05, 0.1) is 11.3 Å². The van der Waals surface area contributed by atoms with Crippen LogP contribution in [0.4, 0.5) is 4.39 Å². The highest BCUT2D eigenvalue weighted by atomic mass is 19.1. The standard InChI is InChI=1S/C20H23FN4O3/c1-12-17(13(2)25(5)22-12)10-24(4)20(26)19-18(14(3)28-23-19)11-27-16-8-6-7-15(21)9-16/h6-9H,10-11H2,1-5H3. The van der Waals surface area contributed by atoms with Crippen LogP contribution >= 0.6 is 0 Å². The Morgan fingerprint density at radius 1 is 1.29 bits per heavy atom. The lowest BCUT2D eigenvalue weighted by molar-refractivity contribution is 0.0772. The largest absolute Gasteiger partial charge is 0.489 e. The summed E-state index contributed by atoms with van der Waals surface area (Å²) in [6, 6.07) is 5.82. The lowest BCUT2D eigenvalue weighted by Crippen LogP contribution is -2.28. The van der Waals surface area contributed by atoms with Crippen LogP contribution in [0, 0.1) is 26.6 Å². The number of ether oxygens (including phenoxy) is 1. The second kappa shape index (κ2) is 7.84. The van der Waals surface area contributed by atoms with Gasteiger partial charge in [-0.3, -0.25) is 9.48 Å². The Balaban J connectivity index is 1.76. The first-order valence-electron chi connectivity index (χ1n) is 8.86. The van der Waals surface area contributed by atoms with Gasteiger partial charge in [0.2, 0.25) is 0 Å². The highest BCUT2D eigenvalue weighted by Crippen LogP contribution is 2.21. The third-order valence-electron chi connectivity index (χ3n) is 4.77. The smallest absolute Gasteiger partial charge is 0.276 e. The number of carbonyl (C=O) groups excluding carboxylic acids is 1. The number of benzene rings is 1. The summed E-state index contributed by atoms with van der Waals surface area (Å²) in [6.07, 6.45) is 0. The molecule has 0 spiro atoms. The maximum atomic E-state index is 13.3. The van der Waals surface area contributed by atoms with Gasteiger partial charge >= 0.3 is 0 Å². The lowest BCUT2D eigenvalue weighted by atomic mass is 10.1. The van der Waals surface area contributed by atoms with Crippen molar-refractivity contribution in [3.05, 3.63) is 64.1 Å². The van der Waals surface area contributed by atoms with E-state index < -0.39 is 5.82 Å². The van der Waals surface area contributed by atoms with Gasteiger partial charge < -0.3 is 14.2 Å². The van der Waals surface area contributed by atoms with E-state index in [1.54, 1.807) is 35.7 Å². The molecule has 0 aliphatic carbocycles. The van der Waals surface area contributed by atoms with Gasteiger partial charge in [-0.2, -0.15) is 5.10 Å². The van der Waals surface area contributed by atoms with Crippen molar-refractivity contribution in [1.29, 1.82) is 0 Å². The minimum atomic E-state index is -0.391. The number of nitrogens with zero attached hydrogens (tertiary/aromatic N) is 4. The second-order valence-electron chi connectivity index (χ2n) is 6.75. The van der Waals surface area contributed by atoms with Gasteiger partial charge in [0.25, 0.3) is 5.91 Å². The van der Waals surface area contributed by atoms with Crippen molar-refractivity contribution in [3.8, 4) is 5.75 Å². The molecule has 0 fully saturated rings.